The summed E-state index contributed by atoms with van der Waals surface area (Å²) < 4.78 is 4.95. The van der Waals surface area contributed by atoms with Crippen molar-refractivity contribution in [2.24, 2.45) is 0 Å². The molecule has 0 aromatic rings. The molecule has 0 radical (unpaired) electrons. The zero-order chi connectivity index (χ0) is 6.85. The van der Waals surface area contributed by atoms with E-state index in [9.17, 15) is 0 Å². The molecule has 0 aromatic heterocycles. The summed E-state index contributed by atoms with van der Waals surface area (Å²) in [5.74, 6) is 0. The van der Waals surface area contributed by atoms with Crippen molar-refractivity contribution in [3.05, 3.63) is 0 Å². The first-order chi connectivity index (χ1) is 4.18. The van der Waals surface area contributed by atoms with Gasteiger partial charge in [-0.25, -0.2) is 0 Å². The average molecular weight is 132 g/mol. The van der Waals surface area contributed by atoms with Gasteiger partial charge in [0.1, 0.15) is 0 Å². The SMILES string of the molecule is C[C@H]1C[C@@H](O)CC(O)O1. The van der Waals surface area contributed by atoms with Crippen LogP contribution < -0.4 is 0 Å². The molecule has 1 fully saturated rings. The number of aliphatic hydroxyl groups is 2. The van der Waals surface area contributed by atoms with Gasteiger partial charge >= 0.3 is 0 Å². The van der Waals surface area contributed by atoms with Crippen LogP contribution in [0.15, 0.2) is 0 Å². The third-order valence-electron chi connectivity index (χ3n) is 1.47. The lowest BCUT2D eigenvalue weighted by Crippen LogP contribution is -2.33. The molecule has 1 aliphatic rings. The normalized spacial score (nSPS) is 45.0. The van der Waals surface area contributed by atoms with Crippen LogP contribution in [0.25, 0.3) is 0 Å². The largest absolute Gasteiger partial charge is 0.393 e. The molecule has 3 atom stereocenters. The molecule has 3 heteroatoms. The average Bonchev–Trinajstić information content (AvgIpc) is 1.59. The van der Waals surface area contributed by atoms with Gasteiger partial charge in [0.15, 0.2) is 6.29 Å². The van der Waals surface area contributed by atoms with Gasteiger partial charge in [-0.3, -0.25) is 0 Å². The summed E-state index contributed by atoms with van der Waals surface area (Å²) in [6.45, 7) is 1.84. The Hall–Kier alpha value is -0.120. The Morgan fingerprint density at radius 2 is 2.00 bits per heavy atom. The van der Waals surface area contributed by atoms with Gasteiger partial charge in [-0.05, 0) is 13.3 Å². The van der Waals surface area contributed by atoms with E-state index in [2.05, 4.69) is 0 Å². The minimum atomic E-state index is -0.760. The Kier molecular flexibility index (Phi) is 2.05. The van der Waals surface area contributed by atoms with Gasteiger partial charge in [-0.15, -0.1) is 0 Å². The Labute approximate surface area is 54.3 Å². The maximum atomic E-state index is 9.01. The predicted octanol–water partition coefficient (Wildman–Crippen LogP) is -0.135. The van der Waals surface area contributed by atoms with Crippen LogP contribution in [0.5, 0.6) is 0 Å². The van der Waals surface area contributed by atoms with Crippen LogP contribution in [-0.2, 0) is 4.74 Å². The van der Waals surface area contributed by atoms with Gasteiger partial charge in [0.2, 0.25) is 0 Å². The molecular formula is C6H12O3. The fourth-order valence-corrected chi connectivity index (χ4v) is 1.09. The number of ether oxygens (including phenoxy) is 1. The molecule has 0 amide bonds. The van der Waals surface area contributed by atoms with E-state index in [1.807, 2.05) is 6.92 Å². The molecule has 0 aromatic carbocycles. The fraction of sp³-hybridized carbons (Fsp3) is 1.00. The number of aliphatic hydroxyl groups excluding tert-OH is 2. The second-order valence-corrected chi connectivity index (χ2v) is 2.53. The molecule has 0 aliphatic carbocycles. The Bertz CT molecular complexity index is 69.3. The van der Waals surface area contributed by atoms with Crippen molar-refractivity contribution in [3.8, 4) is 0 Å². The quantitative estimate of drug-likeness (QED) is 0.482. The maximum Gasteiger partial charge on any atom is 0.157 e. The van der Waals surface area contributed by atoms with E-state index < -0.39 is 6.29 Å². The molecule has 0 saturated carbocycles. The van der Waals surface area contributed by atoms with Crippen LogP contribution in [0.2, 0.25) is 0 Å². The summed E-state index contributed by atoms with van der Waals surface area (Å²) in [6, 6.07) is 0. The molecule has 0 bridgehead atoms. The van der Waals surface area contributed by atoms with Gasteiger partial charge in [0.05, 0.1) is 12.2 Å². The molecule has 1 heterocycles. The zero-order valence-electron chi connectivity index (χ0n) is 5.45. The first-order valence-electron chi connectivity index (χ1n) is 3.20. The number of hydrogen-bond acceptors (Lipinski definition) is 3. The number of hydrogen-bond donors (Lipinski definition) is 2. The highest BCUT2D eigenvalue weighted by molar-refractivity contribution is 4.68. The first-order valence-corrected chi connectivity index (χ1v) is 3.20. The maximum absolute atomic E-state index is 9.01. The van der Waals surface area contributed by atoms with Gasteiger partial charge in [-0.2, -0.15) is 0 Å². The van der Waals surface area contributed by atoms with Crippen molar-refractivity contribution in [2.75, 3.05) is 0 Å². The van der Waals surface area contributed by atoms with Gasteiger partial charge in [0, 0.05) is 6.42 Å². The molecular weight excluding hydrogens is 120 g/mol. The van der Waals surface area contributed by atoms with Crippen LogP contribution in [-0.4, -0.2) is 28.7 Å². The predicted molar refractivity (Wildman–Crippen MR) is 31.8 cm³/mol. The van der Waals surface area contributed by atoms with E-state index in [4.69, 9.17) is 14.9 Å². The lowest BCUT2D eigenvalue weighted by Gasteiger charge is -2.27. The molecule has 1 unspecified atom stereocenters. The van der Waals surface area contributed by atoms with E-state index in [0.717, 1.165) is 0 Å². The van der Waals surface area contributed by atoms with Crippen molar-refractivity contribution in [3.63, 3.8) is 0 Å². The van der Waals surface area contributed by atoms with Crippen molar-refractivity contribution in [1.29, 1.82) is 0 Å². The van der Waals surface area contributed by atoms with Crippen LogP contribution in [0.4, 0.5) is 0 Å². The van der Waals surface area contributed by atoms with Gasteiger partial charge in [0.25, 0.3) is 0 Å². The number of rotatable bonds is 0. The van der Waals surface area contributed by atoms with E-state index >= 15 is 0 Å². The lowest BCUT2D eigenvalue weighted by atomic mass is 10.1. The topological polar surface area (TPSA) is 49.7 Å². The van der Waals surface area contributed by atoms with Gasteiger partial charge < -0.3 is 14.9 Å². The lowest BCUT2D eigenvalue weighted by molar-refractivity contribution is -0.183. The monoisotopic (exact) mass is 132 g/mol. The highest BCUT2D eigenvalue weighted by Gasteiger charge is 2.23. The second-order valence-electron chi connectivity index (χ2n) is 2.53. The molecule has 9 heavy (non-hydrogen) atoms. The molecule has 1 rings (SSSR count). The van der Waals surface area contributed by atoms with E-state index in [0.29, 0.717) is 12.8 Å². The van der Waals surface area contributed by atoms with Crippen LogP contribution in [0.3, 0.4) is 0 Å². The summed E-state index contributed by atoms with van der Waals surface area (Å²) in [6.07, 6.45) is -0.169. The molecule has 1 saturated heterocycles. The fourth-order valence-electron chi connectivity index (χ4n) is 1.09. The highest BCUT2D eigenvalue weighted by atomic mass is 16.6. The van der Waals surface area contributed by atoms with Crippen LogP contribution in [0.1, 0.15) is 19.8 Å². The summed E-state index contributed by atoms with van der Waals surface area (Å²) in [5, 5.41) is 17.9. The summed E-state index contributed by atoms with van der Waals surface area (Å²) in [5.41, 5.74) is 0. The van der Waals surface area contributed by atoms with Crippen molar-refractivity contribution in [2.45, 2.75) is 38.3 Å². The molecule has 54 valence electrons. The van der Waals surface area contributed by atoms with Crippen LogP contribution >= 0.6 is 0 Å². The van der Waals surface area contributed by atoms with Crippen molar-refractivity contribution in [1.82, 2.24) is 0 Å². The van der Waals surface area contributed by atoms with E-state index in [1.165, 1.54) is 0 Å². The Morgan fingerprint density at radius 3 is 2.44 bits per heavy atom. The molecule has 3 nitrogen and oxygen atoms in total. The zero-order valence-corrected chi connectivity index (χ0v) is 5.45. The summed E-state index contributed by atoms with van der Waals surface area (Å²) in [7, 11) is 0. The molecule has 0 spiro atoms. The second kappa shape index (κ2) is 2.64. The first kappa shape index (κ1) is 6.99. The van der Waals surface area contributed by atoms with Crippen LogP contribution in [0, 0.1) is 0 Å². The van der Waals surface area contributed by atoms with E-state index in [-0.39, 0.29) is 12.2 Å². The summed E-state index contributed by atoms with van der Waals surface area (Å²) in [4.78, 5) is 0. The smallest absolute Gasteiger partial charge is 0.157 e. The summed E-state index contributed by atoms with van der Waals surface area (Å²) >= 11 is 0. The van der Waals surface area contributed by atoms with E-state index in [1.54, 1.807) is 0 Å². The Balaban J connectivity index is 2.34. The molecule has 2 N–H and O–H groups in total. The Morgan fingerprint density at radius 1 is 1.33 bits per heavy atom. The van der Waals surface area contributed by atoms with Crippen molar-refractivity contribution < 1.29 is 14.9 Å². The van der Waals surface area contributed by atoms with Gasteiger partial charge in [-0.1, -0.05) is 0 Å². The third kappa shape index (κ3) is 1.93. The highest BCUT2D eigenvalue weighted by Crippen LogP contribution is 2.16. The minimum absolute atomic E-state index is 0.0104. The minimum Gasteiger partial charge on any atom is -0.393 e. The van der Waals surface area contributed by atoms with Crippen molar-refractivity contribution >= 4 is 0 Å². The third-order valence-corrected chi connectivity index (χ3v) is 1.47. The standard InChI is InChI=1S/C6H12O3/c1-4-2-5(7)3-6(8)9-4/h4-8H,2-3H2,1H3/t4-,5+,6?/m0/s1. The molecule has 1 aliphatic heterocycles.